The van der Waals surface area contributed by atoms with Gasteiger partial charge < -0.3 is 10.1 Å². The van der Waals surface area contributed by atoms with Gasteiger partial charge in [0.1, 0.15) is 11.6 Å². The van der Waals surface area contributed by atoms with Crippen LogP contribution in [-0.2, 0) is 16.0 Å². The number of benzene rings is 1. The lowest BCUT2D eigenvalue weighted by Crippen LogP contribution is -2.40. The molecule has 18 heavy (non-hydrogen) atoms. The molecule has 0 bridgehead atoms. The first-order valence-corrected chi connectivity index (χ1v) is 6.47. The summed E-state index contributed by atoms with van der Waals surface area (Å²) >= 11 is 3.24. The number of methoxy groups -OCH3 is 1. The van der Waals surface area contributed by atoms with Crippen LogP contribution in [0.15, 0.2) is 18.2 Å². The molecule has 0 spiro atoms. The van der Waals surface area contributed by atoms with Crippen LogP contribution in [0.4, 0.5) is 8.78 Å². The number of hydrogen-bond donors (Lipinski definition) is 1. The molecular formula is C12H14BrF2NO2. The van der Waals surface area contributed by atoms with E-state index in [4.69, 9.17) is 4.74 Å². The molecule has 0 saturated carbocycles. The number of hydrogen-bond acceptors (Lipinski definition) is 2. The van der Waals surface area contributed by atoms with Crippen molar-refractivity contribution in [2.75, 3.05) is 19.0 Å². The molecule has 0 heterocycles. The monoisotopic (exact) mass is 321 g/mol. The van der Waals surface area contributed by atoms with E-state index in [2.05, 4.69) is 21.2 Å². The van der Waals surface area contributed by atoms with Crippen molar-refractivity contribution in [3.05, 3.63) is 35.4 Å². The molecule has 0 radical (unpaired) electrons. The van der Waals surface area contributed by atoms with Gasteiger partial charge in [0.25, 0.3) is 0 Å². The van der Waals surface area contributed by atoms with E-state index >= 15 is 0 Å². The van der Waals surface area contributed by atoms with Crippen LogP contribution < -0.4 is 5.32 Å². The number of halogens is 3. The van der Waals surface area contributed by atoms with E-state index < -0.39 is 11.6 Å². The largest absolute Gasteiger partial charge is 0.383 e. The van der Waals surface area contributed by atoms with E-state index in [-0.39, 0.29) is 23.9 Å². The minimum absolute atomic E-state index is 0.126. The quantitative estimate of drug-likeness (QED) is 0.814. The lowest BCUT2D eigenvalue weighted by Gasteiger charge is -2.15. The zero-order chi connectivity index (χ0) is 13.5. The van der Waals surface area contributed by atoms with Crippen molar-refractivity contribution in [1.29, 1.82) is 0 Å². The Balaban J connectivity index is 2.58. The number of carbonyl (C=O) groups excluding carboxylic acids is 1. The van der Waals surface area contributed by atoms with E-state index in [9.17, 15) is 13.6 Å². The van der Waals surface area contributed by atoms with Gasteiger partial charge in [0.2, 0.25) is 5.91 Å². The zero-order valence-electron chi connectivity index (χ0n) is 9.88. The average Bonchev–Trinajstić information content (AvgIpc) is 2.32. The molecule has 1 unspecified atom stereocenters. The molecule has 1 N–H and O–H groups in total. The third-order valence-corrected chi connectivity index (χ3v) is 3.07. The minimum atomic E-state index is -0.715. The molecule has 6 heteroatoms. The summed E-state index contributed by atoms with van der Waals surface area (Å²) in [6.45, 7) is 0.364. The topological polar surface area (TPSA) is 38.3 Å². The van der Waals surface area contributed by atoms with Crippen molar-refractivity contribution >= 4 is 21.8 Å². The Labute approximate surface area is 113 Å². The number of amides is 1. The summed E-state index contributed by atoms with van der Waals surface area (Å²) in [6.07, 6.45) is -0.126. The van der Waals surface area contributed by atoms with Crippen molar-refractivity contribution in [2.24, 2.45) is 0 Å². The zero-order valence-corrected chi connectivity index (χ0v) is 11.5. The van der Waals surface area contributed by atoms with E-state index in [1.165, 1.54) is 13.2 Å². The summed E-state index contributed by atoms with van der Waals surface area (Å²) in [5, 5.41) is 3.23. The Kier molecular flexibility index (Phi) is 6.21. The van der Waals surface area contributed by atoms with Crippen LogP contribution in [0.2, 0.25) is 0 Å². The second-order valence-electron chi connectivity index (χ2n) is 3.79. The van der Waals surface area contributed by atoms with Gasteiger partial charge in [-0.2, -0.15) is 0 Å². The molecule has 1 amide bonds. The predicted molar refractivity (Wildman–Crippen MR) is 67.7 cm³/mol. The highest BCUT2D eigenvalue weighted by Crippen LogP contribution is 2.10. The van der Waals surface area contributed by atoms with Gasteiger partial charge in [-0.3, -0.25) is 4.79 Å². The Morgan fingerprint density at radius 1 is 1.50 bits per heavy atom. The molecule has 1 aromatic carbocycles. The number of carbonyl (C=O) groups is 1. The van der Waals surface area contributed by atoms with Crippen LogP contribution in [0, 0.1) is 11.6 Å². The van der Waals surface area contributed by atoms with Gasteiger partial charge in [-0.25, -0.2) is 8.78 Å². The van der Waals surface area contributed by atoms with Crippen LogP contribution in [0.1, 0.15) is 5.56 Å². The summed E-state index contributed by atoms with van der Waals surface area (Å²) in [5.41, 5.74) is 0.166. The second kappa shape index (κ2) is 7.43. The Bertz CT molecular complexity index is 415. The maximum atomic E-state index is 13.3. The molecule has 0 aliphatic rings. The molecule has 0 aliphatic carbocycles. The fourth-order valence-corrected chi connectivity index (χ4v) is 1.79. The van der Waals surface area contributed by atoms with Gasteiger partial charge in [-0.05, 0) is 11.6 Å². The second-order valence-corrected chi connectivity index (χ2v) is 4.43. The lowest BCUT2D eigenvalue weighted by molar-refractivity contribution is -0.121. The standard InChI is InChI=1S/C12H14BrF2NO2/c1-18-7-10(6-13)16-12(17)4-8-2-3-9(14)5-11(8)15/h2-3,5,10H,4,6-7H2,1H3,(H,16,17). The van der Waals surface area contributed by atoms with Gasteiger partial charge in [0.05, 0.1) is 19.1 Å². The first kappa shape index (κ1) is 15.0. The van der Waals surface area contributed by atoms with E-state index in [0.717, 1.165) is 12.1 Å². The maximum Gasteiger partial charge on any atom is 0.224 e. The molecule has 1 atom stereocenters. The Morgan fingerprint density at radius 3 is 2.78 bits per heavy atom. The van der Waals surface area contributed by atoms with Gasteiger partial charge in [-0.1, -0.05) is 22.0 Å². The number of rotatable bonds is 6. The van der Waals surface area contributed by atoms with E-state index in [1.54, 1.807) is 0 Å². The smallest absolute Gasteiger partial charge is 0.224 e. The highest BCUT2D eigenvalue weighted by Gasteiger charge is 2.13. The van der Waals surface area contributed by atoms with Gasteiger partial charge >= 0.3 is 0 Å². The first-order valence-electron chi connectivity index (χ1n) is 5.35. The van der Waals surface area contributed by atoms with Crippen LogP contribution in [0.25, 0.3) is 0 Å². The fourth-order valence-electron chi connectivity index (χ4n) is 1.44. The Hall–Kier alpha value is -1.01. The van der Waals surface area contributed by atoms with Crippen LogP contribution >= 0.6 is 15.9 Å². The lowest BCUT2D eigenvalue weighted by atomic mass is 10.1. The summed E-state index contributed by atoms with van der Waals surface area (Å²) in [5.74, 6) is -1.70. The van der Waals surface area contributed by atoms with Crippen molar-refractivity contribution in [3.63, 3.8) is 0 Å². The number of alkyl halides is 1. The maximum absolute atomic E-state index is 13.3. The molecule has 0 saturated heterocycles. The minimum Gasteiger partial charge on any atom is -0.383 e. The average molecular weight is 322 g/mol. The first-order chi connectivity index (χ1) is 8.56. The Morgan fingerprint density at radius 2 is 2.22 bits per heavy atom. The third-order valence-electron chi connectivity index (χ3n) is 2.29. The molecule has 0 aromatic heterocycles. The summed E-state index contributed by atoms with van der Waals surface area (Å²) < 4.78 is 30.9. The van der Waals surface area contributed by atoms with Crippen LogP contribution in [0.5, 0.6) is 0 Å². The molecular weight excluding hydrogens is 308 g/mol. The van der Waals surface area contributed by atoms with Gasteiger partial charge in [0, 0.05) is 18.5 Å². The molecule has 1 rings (SSSR count). The van der Waals surface area contributed by atoms with E-state index in [1.807, 2.05) is 0 Å². The number of nitrogens with one attached hydrogen (secondary N) is 1. The van der Waals surface area contributed by atoms with Crippen molar-refractivity contribution in [2.45, 2.75) is 12.5 Å². The SMILES string of the molecule is COCC(CBr)NC(=O)Cc1ccc(F)cc1F. The fraction of sp³-hybridized carbons (Fsp3) is 0.417. The molecule has 1 aromatic rings. The molecule has 0 fully saturated rings. The number of ether oxygens (including phenoxy) is 1. The third kappa shape index (κ3) is 4.70. The predicted octanol–water partition coefficient (Wildman–Crippen LogP) is 2.03. The van der Waals surface area contributed by atoms with Gasteiger partial charge in [0.15, 0.2) is 0 Å². The van der Waals surface area contributed by atoms with E-state index in [0.29, 0.717) is 11.9 Å². The highest BCUT2D eigenvalue weighted by atomic mass is 79.9. The normalized spacial score (nSPS) is 12.2. The van der Waals surface area contributed by atoms with Crippen LogP contribution in [0.3, 0.4) is 0 Å². The van der Waals surface area contributed by atoms with Crippen molar-refractivity contribution < 1.29 is 18.3 Å². The molecule has 0 aliphatic heterocycles. The molecule has 100 valence electrons. The van der Waals surface area contributed by atoms with Crippen molar-refractivity contribution in [3.8, 4) is 0 Å². The molecule has 3 nitrogen and oxygen atoms in total. The van der Waals surface area contributed by atoms with Crippen LogP contribution in [-0.4, -0.2) is 31.0 Å². The van der Waals surface area contributed by atoms with Crippen molar-refractivity contribution in [1.82, 2.24) is 5.32 Å². The summed E-state index contributed by atoms with van der Waals surface area (Å²) in [7, 11) is 1.53. The summed E-state index contributed by atoms with van der Waals surface area (Å²) in [6, 6.07) is 2.98. The summed E-state index contributed by atoms with van der Waals surface area (Å²) in [4.78, 5) is 11.6. The van der Waals surface area contributed by atoms with Gasteiger partial charge in [-0.15, -0.1) is 0 Å². The highest BCUT2D eigenvalue weighted by molar-refractivity contribution is 9.09.